The lowest BCUT2D eigenvalue weighted by Gasteiger charge is -2.09. The summed E-state index contributed by atoms with van der Waals surface area (Å²) in [6, 6.07) is 9.56. The Labute approximate surface area is 142 Å². The molecule has 7 heteroatoms. The molecule has 0 spiro atoms. The molecule has 0 bridgehead atoms. The summed E-state index contributed by atoms with van der Waals surface area (Å²) < 4.78 is 6.30. The van der Waals surface area contributed by atoms with Crippen molar-refractivity contribution in [2.75, 3.05) is 5.32 Å². The van der Waals surface area contributed by atoms with Crippen LogP contribution in [0.15, 0.2) is 44.9 Å². The fourth-order valence-electron chi connectivity index (χ4n) is 2.24. The van der Waals surface area contributed by atoms with Crippen LogP contribution in [0.4, 0.5) is 5.69 Å². The monoisotopic (exact) mass is 343 g/mol. The number of thiophene rings is 1. The molecule has 6 nitrogen and oxygen atoms in total. The zero-order valence-electron chi connectivity index (χ0n) is 13.4. The summed E-state index contributed by atoms with van der Waals surface area (Å²) in [5.74, 6) is -0.445. The first-order valence-corrected chi connectivity index (χ1v) is 8.40. The lowest BCUT2D eigenvalue weighted by molar-refractivity contribution is -0.116. The highest BCUT2D eigenvalue weighted by atomic mass is 32.1. The molecular formula is C17H17N3O3S. The third-order valence-electron chi connectivity index (χ3n) is 3.56. The summed E-state index contributed by atoms with van der Waals surface area (Å²) in [5.41, 5.74) is 2.85. The van der Waals surface area contributed by atoms with Crippen LogP contribution in [-0.4, -0.2) is 15.7 Å². The smallest absolute Gasteiger partial charge is 0.387 e. The van der Waals surface area contributed by atoms with Gasteiger partial charge in [-0.25, -0.2) is 4.79 Å². The Bertz CT molecular complexity index is 910. The number of aromatic nitrogens is 2. The van der Waals surface area contributed by atoms with Crippen LogP contribution in [0.5, 0.6) is 0 Å². The van der Waals surface area contributed by atoms with Gasteiger partial charge in [-0.15, -0.1) is 16.4 Å². The number of anilines is 1. The second kappa shape index (κ2) is 6.84. The van der Waals surface area contributed by atoms with Crippen LogP contribution in [0.2, 0.25) is 0 Å². The van der Waals surface area contributed by atoms with Crippen molar-refractivity contribution in [1.82, 2.24) is 9.78 Å². The number of hydrogen-bond acceptors (Lipinski definition) is 5. The third-order valence-corrected chi connectivity index (χ3v) is 4.41. The predicted molar refractivity (Wildman–Crippen MR) is 93.2 cm³/mol. The molecule has 2 aromatic heterocycles. The zero-order chi connectivity index (χ0) is 17.1. The molecule has 1 amide bonds. The van der Waals surface area contributed by atoms with Gasteiger partial charge >= 0.3 is 5.76 Å². The highest BCUT2D eigenvalue weighted by Gasteiger charge is 2.12. The van der Waals surface area contributed by atoms with E-state index in [1.54, 1.807) is 0 Å². The van der Waals surface area contributed by atoms with Gasteiger partial charge < -0.3 is 9.73 Å². The summed E-state index contributed by atoms with van der Waals surface area (Å²) in [6.07, 6.45) is 0.143. The van der Waals surface area contributed by atoms with Crippen molar-refractivity contribution < 1.29 is 9.21 Å². The van der Waals surface area contributed by atoms with Crippen LogP contribution >= 0.6 is 11.3 Å². The molecule has 0 aliphatic rings. The third kappa shape index (κ3) is 3.62. The molecule has 0 fully saturated rings. The van der Waals surface area contributed by atoms with Gasteiger partial charge in [0.15, 0.2) is 0 Å². The Morgan fingerprint density at radius 2 is 2.17 bits per heavy atom. The Balaban J connectivity index is 1.64. The molecule has 0 saturated carbocycles. The van der Waals surface area contributed by atoms with Crippen molar-refractivity contribution in [3.63, 3.8) is 0 Å². The number of aryl methyl sites for hydroxylation is 3. The van der Waals surface area contributed by atoms with Crippen LogP contribution in [0.3, 0.4) is 0 Å². The molecule has 0 atom stereocenters. The van der Waals surface area contributed by atoms with Gasteiger partial charge in [0.2, 0.25) is 5.91 Å². The minimum absolute atomic E-state index is 0.143. The Morgan fingerprint density at radius 1 is 1.33 bits per heavy atom. The molecule has 0 aliphatic heterocycles. The largest absolute Gasteiger partial charge is 0.437 e. The van der Waals surface area contributed by atoms with Crippen LogP contribution in [-0.2, 0) is 11.3 Å². The molecule has 1 aromatic carbocycles. The van der Waals surface area contributed by atoms with Crippen molar-refractivity contribution in [3.05, 3.63) is 57.4 Å². The van der Waals surface area contributed by atoms with E-state index in [2.05, 4.69) is 10.4 Å². The average Bonchev–Trinajstić information content (AvgIpc) is 3.18. The van der Waals surface area contributed by atoms with Crippen molar-refractivity contribution in [2.24, 2.45) is 0 Å². The summed E-state index contributed by atoms with van der Waals surface area (Å²) in [6.45, 7) is 4.07. The maximum Gasteiger partial charge on any atom is 0.437 e. The molecule has 1 N–H and O–H groups in total. The Kier molecular flexibility index (Phi) is 4.61. The Morgan fingerprint density at radius 3 is 2.92 bits per heavy atom. The molecule has 3 rings (SSSR count). The summed E-state index contributed by atoms with van der Waals surface area (Å²) in [4.78, 5) is 24.7. The van der Waals surface area contributed by atoms with E-state index in [9.17, 15) is 9.59 Å². The number of carbonyl (C=O) groups excluding carboxylic acids is 1. The maximum absolute atomic E-state index is 12.1. The SMILES string of the molecule is Cc1ccc(C)c(NC(=O)CCn2nc(-c3cccs3)oc2=O)c1. The van der Waals surface area contributed by atoms with E-state index in [0.717, 1.165) is 21.7 Å². The van der Waals surface area contributed by atoms with E-state index in [0.29, 0.717) is 0 Å². The molecule has 24 heavy (non-hydrogen) atoms. The van der Waals surface area contributed by atoms with Crippen molar-refractivity contribution >= 4 is 22.9 Å². The fraction of sp³-hybridized carbons (Fsp3) is 0.235. The fourth-order valence-corrected chi connectivity index (χ4v) is 2.88. The van der Waals surface area contributed by atoms with Crippen LogP contribution in [0, 0.1) is 13.8 Å². The molecule has 2 heterocycles. The lowest BCUT2D eigenvalue weighted by Crippen LogP contribution is -2.21. The van der Waals surface area contributed by atoms with Crippen LogP contribution in [0.25, 0.3) is 10.8 Å². The lowest BCUT2D eigenvalue weighted by atomic mass is 10.1. The molecule has 0 aliphatic carbocycles. The van der Waals surface area contributed by atoms with Crippen molar-refractivity contribution in [1.29, 1.82) is 0 Å². The van der Waals surface area contributed by atoms with Crippen LogP contribution < -0.4 is 11.1 Å². The second-order valence-electron chi connectivity index (χ2n) is 5.49. The summed E-state index contributed by atoms with van der Waals surface area (Å²) >= 11 is 1.44. The van der Waals surface area contributed by atoms with Gasteiger partial charge in [0.25, 0.3) is 5.89 Å². The summed E-state index contributed by atoms with van der Waals surface area (Å²) in [7, 11) is 0. The Hall–Kier alpha value is -2.67. The van der Waals surface area contributed by atoms with Gasteiger partial charge in [0, 0.05) is 12.1 Å². The number of carbonyl (C=O) groups is 1. The second-order valence-corrected chi connectivity index (χ2v) is 6.44. The average molecular weight is 343 g/mol. The molecule has 124 valence electrons. The number of rotatable bonds is 5. The van der Waals surface area contributed by atoms with E-state index < -0.39 is 5.76 Å². The van der Waals surface area contributed by atoms with Gasteiger partial charge in [-0.2, -0.15) is 4.68 Å². The summed E-state index contributed by atoms with van der Waals surface area (Å²) in [5, 5.41) is 8.88. The molecule has 0 radical (unpaired) electrons. The van der Waals surface area contributed by atoms with Crippen molar-refractivity contribution in [2.45, 2.75) is 26.8 Å². The first-order valence-electron chi connectivity index (χ1n) is 7.52. The van der Waals surface area contributed by atoms with E-state index in [1.165, 1.54) is 16.0 Å². The molecule has 0 saturated heterocycles. The standard InChI is InChI=1S/C17H17N3O3S/c1-11-5-6-12(2)13(10-11)18-15(21)7-8-20-17(22)23-16(19-20)14-4-3-9-24-14/h3-6,9-10H,7-8H2,1-2H3,(H,18,21). The topological polar surface area (TPSA) is 77.1 Å². The first kappa shape index (κ1) is 16.2. The van der Waals surface area contributed by atoms with Gasteiger partial charge in [-0.05, 0) is 42.5 Å². The molecule has 3 aromatic rings. The highest BCUT2D eigenvalue weighted by Crippen LogP contribution is 2.21. The normalized spacial score (nSPS) is 10.8. The van der Waals surface area contributed by atoms with Gasteiger partial charge in [0.1, 0.15) is 0 Å². The number of benzene rings is 1. The van der Waals surface area contributed by atoms with Crippen molar-refractivity contribution in [3.8, 4) is 10.8 Å². The minimum Gasteiger partial charge on any atom is -0.387 e. The van der Waals surface area contributed by atoms with Gasteiger partial charge in [0.05, 0.1) is 11.4 Å². The van der Waals surface area contributed by atoms with Gasteiger partial charge in [-0.3, -0.25) is 4.79 Å². The highest BCUT2D eigenvalue weighted by molar-refractivity contribution is 7.13. The predicted octanol–water partition coefficient (Wildman–Crippen LogP) is 3.21. The van der Waals surface area contributed by atoms with Crippen LogP contribution in [0.1, 0.15) is 17.5 Å². The van der Waals surface area contributed by atoms with Gasteiger partial charge in [-0.1, -0.05) is 18.2 Å². The zero-order valence-corrected chi connectivity index (χ0v) is 14.2. The van der Waals surface area contributed by atoms with E-state index in [4.69, 9.17) is 4.42 Å². The molecular weight excluding hydrogens is 326 g/mol. The first-order chi connectivity index (χ1) is 11.5. The number of nitrogens with one attached hydrogen (secondary N) is 1. The van der Waals surface area contributed by atoms with E-state index >= 15 is 0 Å². The maximum atomic E-state index is 12.1. The van der Waals surface area contributed by atoms with E-state index in [-0.39, 0.29) is 24.8 Å². The molecule has 0 unspecified atom stereocenters. The van der Waals surface area contributed by atoms with E-state index in [1.807, 2.05) is 49.6 Å². The minimum atomic E-state index is -0.557. The quantitative estimate of drug-likeness (QED) is 0.772. The number of nitrogens with zero attached hydrogens (tertiary/aromatic N) is 2. The number of amides is 1. The number of hydrogen-bond donors (Lipinski definition) is 1.